The summed E-state index contributed by atoms with van der Waals surface area (Å²) in [6.45, 7) is 3.38. The first-order chi connectivity index (χ1) is 11.3. The van der Waals surface area contributed by atoms with E-state index in [4.69, 9.17) is 4.74 Å². The number of aromatic amines is 1. The van der Waals surface area contributed by atoms with Gasteiger partial charge in [0.1, 0.15) is 0 Å². The van der Waals surface area contributed by atoms with E-state index in [1.54, 1.807) is 0 Å². The summed E-state index contributed by atoms with van der Waals surface area (Å²) in [5.74, 6) is 0.181. The normalized spacial score (nSPS) is 15.7. The molecule has 2 aromatic rings. The first-order valence-electron chi connectivity index (χ1n) is 8.19. The van der Waals surface area contributed by atoms with Crippen LogP contribution in [0.3, 0.4) is 0 Å². The van der Waals surface area contributed by atoms with Gasteiger partial charge in [-0.3, -0.25) is 14.5 Å². The van der Waals surface area contributed by atoms with Gasteiger partial charge in [-0.05, 0) is 50.2 Å². The van der Waals surface area contributed by atoms with Gasteiger partial charge >= 0.3 is 0 Å². The number of hydrogen-bond acceptors (Lipinski definition) is 4. The highest BCUT2D eigenvalue weighted by molar-refractivity contribution is 6.00. The molecule has 1 aromatic carbocycles. The summed E-state index contributed by atoms with van der Waals surface area (Å²) in [4.78, 5) is 28.2. The minimum absolute atomic E-state index is 0.181. The molecule has 0 radical (unpaired) electrons. The molecule has 1 aliphatic heterocycles. The number of hydrogen-bond donors (Lipinski definition) is 1. The van der Waals surface area contributed by atoms with Crippen molar-refractivity contribution >= 4 is 23.2 Å². The molecule has 0 unspecified atom stereocenters. The van der Waals surface area contributed by atoms with Crippen molar-refractivity contribution in [1.29, 1.82) is 0 Å². The van der Waals surface area contributed by atoms with Gasteiger partial charge in [0.15, 0.2) is 5.78 Å². The van der Waals surface area contributed by atoms with Crippen LogP contribution < -0.4 is 0 Å². The number of likely N-dealkylation sites (tertiary alicyclic amines) is 1. The Labute approximate surface area is 135 Å². The zero-order valence-corrected chi connectivity index (χ0v) is 13.2. The number of nitrogens with one attached hydrogen (secondary N) is 1. The zero-order chi connectivity index (χ0) is 16.1. The van der Waals surface area contributed by atoms with Crippen LogP contribution in [0.25, 0.3) is 10.9 Å². The number of ketones is 1. The number of H-pyrrole nitrogens is 1. The molecule has 0 spiro atoms. The fourth-order valence-electron chi connectivity index (χ4n) is 3.13. The zero-order valence-electron chi connectivity index (χ0n) is 13.2. The van der Waals surface area contributed by atoms with Gasteiger partial charge in [0.05, 0.1) is 13.2 Å². The Hall–Kier alpha value is -2.14. The summed E-state index contributed by atoms with van der Waals surface area (Å²) in [5, 5.41) is 1.02. The second-order valence-corrected chi connectivity index (χ2v) is 6.07. The highest BCUT2D eigenvalue weighted by Gasteiger charge is 2.15. The predicted octanol–water partition coefficient (Wildman–Crippen LogP) is 2.55. The molecule has 0 aliphatic carbocycles. The van der Waals surface area contributed by atoms with Gasteiger partial charge in [-0.15, -0.1) is 0 Å². The molecule has 2 heterocycles. The molecular formula is C18H22N2O3. The number of ether oxygens (including phenoxy) is 1. The van der Waals surface area contributed by atoms with Crippen LogP contribution in [-0.4, -0.2) is 48.4 Å². The number of Topliss-reactive ketones (excluding diaryl/α,β-unsaturated/α-hetero) is 1. The molecule has 3 rings (SSSR count). The van der Waals surface area contributed by atoms with E-state index in [0.717, 1.165) is 35.2 Å². The second kappa shape index (κ2) is 7.42. The van der Waals surface area contributed by atoms with E-state index in [0.29, 0.717) is 26.0 Å². The Morgan fingerprint density at radius 1 is 1.22 bits per heavy atom. The largest absolute Gasteiger partial charge is 0.467 e. The maximum Gasteiger partial charge on any atom is 0.293 e. The van der Waals surface area contributed by atoms with E-state index in [1.165, 1.54) is 19.3 Å². The van der Waals surface area contributed by atoms with Crippen LogP contribution in [0.4, 0.5) is 0 Å². The lowest BCUT2D eigenvalue weighted by atomic mass is 10.1. The molecule has 1 saturated heterocycles. The van der Waals surface area contributed by atoms with Crippen molar-refractivity contribution < 1.29 is 14.3 Å². The maximum atomic E-state index is 12.5. The standard InChI is InChI=1S/C18H22N2O3/c21-13-23-9-6-16-11-15-10-14(4-5-17(15)19-16)18(22)12-20-7-2-1-3-8-20/h4-5,10-11,13,19H,1-3,6-9,12H2. The van der Waals surface area contributed by atoms with E-state index in [-0.39, 0.29) is 5.78 Å². The Morgan fingerprint density at radius 3 is 2.83 bits per heavy atom. The van der Waals surface area contributed by atoms with Crippen LogP contribution in [0, 0.1) is 0 Å². The quantitative estimate of drug-likeness (QED) is 0.485. The highest BCUT2D eigenvalue weighted by atomic mass is 16.5. The number of aromatic nitrogens is 1. The molecule has 0 amide bonds. The fraction of sp³-hybridized carbons (Fsp3) is 0.444. The van der Waals surface area contributed by atoms with Gasteiger partial charge in [-0.1, -0.05) is 6.42 Å². The van der Waals surface area contributed by atoms with Crippen LogP contribution in [0.15, 0.2) is 24.3 Å². The van der Waals surface area contributed by atoms with Gasteiger partial charge in [0.25, 0.3) is 6.47 Å². The van der Waals surface area contributed by atoms with Crippen molar-refractivity contribution in [2.24, 2.45) is 0 Å². The number of piperidine rings is 1. The first kappa shape index (κ1) is 15.7. The molecule has 1 aromatic heterocycles. The summed E-state index contributed by atoms with van der Waals surface area (Å²) in [5.41, 5.74) is 2.76. The van der Waals surface area contributed by atoms with Crippen LogP contribution in [0.5, 0.6) is 0 Å². The van der Waals surface area contributed by atoms with Crippen molar-refractivity contribution in [3.8, 4) is 0 Å². The molecule has 23 heavy (non-hydrogen) atoms. The first-order valence-corrected chi connectivity index (χ1v) is 8.19. The lowest BCUT2D eigenvalue weighted by Crippen LogP contribution is -2.34. The molecular weight excluding hydrogens is 292 g/mol. The van der Waals surface area contributed by atoms with Crippen molar-refractivity contribution in [2.75, 3.05) is 26.2 Å². The number of fused-ring (bicyclic) bond motifs is 1. The average Bonchev–Trinajstić information content (AvgIpc) is 2.98. The maximum absolute atomic E-state index is 12.5. The molecule has 0 bridgehead atoms. The molecule has 5 heteroatoms. The summed E-state index contributed by atoms with van der Waals surface area (Å²) >= 11 is 0. The number of rotatable bonds is 7. The van der Waals surface area contributed by atoms with Crippen molar-refractivity contribution in [3.05, 3.63) is 35.5 Å². The van der Waals surface area contributed by atoms with E-state index in [2.05, 4.69) is 9.88 Å². The minimum atomic E-state index is 0.181. The van der Waals surface area contributed by atoms with Crippen molar-refractivity contribution in [3.63, 3.8) is 0 Å². The molecule has 5 nitrogen and oxygen atoms in total. The van der Waals surface area contributed by atoms with Gasteiger partial charge in [-0.25, -0.2) is 0 Å². The number of carbonyl (C=O) groups is 2. The average molecular weight is 314 g/mol. The minimum Gasteiger partial charge on any atom is -0.467 e. The lowest BCUT2D eigenvalue weighted by Gasteiger charge is -2.25. The van der Waals surface area contributed by atoms with Crippen LogP contribution >= 0.6 is 0 Å². The third kappa shape index (κ3) is 3.99. The van der Waals surface area contributed by atoms with Crippen LogP contribution in [0.1, 0.15) is 35.3 Å². The third-order valence-electron chi connectivity index (χ3n) is 4.37. The van der Waals surface area contributed by atoms with Gasteiger partial charge in [0.2, 0.25) is 0 Å². The van der Waals surface area contributed by atoms with Gasteiger partial charge in [-0.2, -0.15) is 0 Å². The van der Waals surface area contributed by atoms with Crippen LogP contribution in [-0.2, 0) is 16.0 Å². The van der Waals surface area contributed by atoms with Crippen molar-refractivity contribution in [2.45, 2.75) is 25.7 Å². The molecule has 0 saturated carbocycles. The van der Waals surface area contributed by atoms with Gasteiger partial charge in [0, 0.05) is 28.6 Å². The predicted molar refractivity (Wildman–Crippen MR) is 88.6 cm³/mol. The Kier molecular flexibility index (Phi) is 5.08. The fourth-order valence-corrected chi connectivity index (χ4v) is 3.13. The number of benzene rings is 1. The SMILES string of the molecule is O=COCCc1cc2cc(C(=O)CN3CCCCC3)ccc2[nH]1. The molecule has 1 aliphatic rings. The molecule has 1 N–H and O–H groups in total. The topological polar surface area (TPSA) is 62.4 Å². The van der Waals surface area contributed by atoms with E-state index < -0.39 is 0 Å². The van der Waals surface area contributed by atoms with Gasteiger partial charge < -0.3 is 9.72 Å². The van der Waals surface area contributed by atoms with E-state index >= 15 is 0 Å². The Bertz CT molecular complexity index is 687. The molecule has 0 atom stereocenters. The van der Waals surface area contributed by atoms with Crippen LogP contribution in [0.2, 0.25) is 0 Å². The number of nitrogens with zero attached hydrogens (tertiary/aromatic N) is 1. The molecule has 1 fully saturated rings. The molecule has 122 valence electrons. The number of carbonyl (C=O) groups excluding carboxylic acids is 2. The lowest BCUT2D eigenvalue weighted by molar-refractivity contribution is -0.128. The third-order valence-corrected chi connectivity index (χ3v) is 4.37. The highest BCUT2D eigenvalue weighted by Crippen LogP contribution is 2.19. The second-order valence-electron chi connectivity index (χ2n) is 6.07. The van der Waals surface area contributed by atoms with E-state index in [9.17, 15) is 9.59 Å². The Morgan fingerprint density at radius 2 is 2.04 bits per heavy atom. The van der Waals surface area contributed by atoms with Crippen molar-refractivity contribution in [1.82, 2.24) is 9.88 Å². The monoisotopic (exact) mass is 314 g/mol. The summed E-state index contributed by atoms with van der Waals surface area (Å²) in [6.07, 6.45) is 4.30. The summed E-state index contributed by atoms with van der Waals surface area (Å²) in [6, 6.07) is 7.79. The van der Waals surface area contributed by atoms with E-state index in [1.807, 2.05) is 24.3 Å². The Balaban J connectivity index is 1.68. The summed E-state index contributed by atoms with van der Waals surface area (Å²) in [7, 11) is 0. The smallest absolute Gasteiger partial charge is 0.293 e. The summed E-state index contributed by atoms with van der Waals surface area (Å²) < 4.78 is 4.72.